The van der Waals surface area contributed by atoms with Crippen LogP contribution in [0.25, 0.3) is 22.6 Å². The third-order valence-electron chi connectivity index (χ3n) is 7.17. The van der Waals surface area contributed by atoms with Crippen molar-refractivity contribution in [1.82, 2.24) is 20.1 Å². The SMILES string of the molecule is COc1ccc(C(C)C)c(N2CCCSC2=NC(=O)N/C=C(\C)c2ccc(-c3ncn(-c4ccc(OC(F)(F)F)cc4)n3)cc2)c1. The van der Waals surface area contributed by atoms with E-state index in [2.05, 4.69) is 49.9 Å². The van der Waals surface area contributed by atoms with E-state index in [0.717, 1.165) is 52.4 Å². The molecule has 0 spiro atoms. The highest BCUT2D eigenvalue weighted by molar-refractivity contribution is 8.14. The van der Waals surface area contributed by atoms with E-state index < -0.39 is 12.4 Å². The number of thioether (sulfide) groups is 1. The number of halogens is 3. The molecule has 46 heavy (non-hydrogen) atoms. The molecule has 9 nitrogen and oxygen atoms in total. The van der Waals surface area contributed by atoms with Crippen LogP contribution in [-0.4, -0.2) is 51.7 Å². The van der Waals surface area contributed by atoms with Crippen LogP contribution in [0.3, 0.4) is 0 Å². The van der Waals surface area contributed by atoms with Crippen molar-refractivity contribution in [2.75, 3.05) is 24.3 Å². The third-order valence-corrected chi connectivity index (χ3v) is 8.24. The van der Waals surface area contributed by atoms with Gasteiger partial charge in [-0.2, -0.15) is 4.99 Å². The zero-order chi connectivity index (χ0) is 32.8. The number of nitrogens with zero attached hydrogens (tertiary/aromatic N) is 5. The molecule has 2 amide bonds. The second kappa shape index (κ2) is 14.1. The van der Waals surface area contributed by atoms with Crippen LogP contribution >= 0.6 is 11.8 Å². The molecule has 0 atom stereocenters. The van der Waals surface area contributed by atoms with Crippen LogP contribution in [0.1, 0.15) is 44.2 Å². The quantitative estimate of drug-likeness (QED) is 0.206. The van der Waals surface area contributed by atoms with Crippen molar-refractivity contribution < 1.29 is 27.4 Å². The summed E-state index contributed by atoms with van der Waals surface area (Å²) in [5, 5.41) is 7.88. The van der Waals surface area contributed by atoms with Crippen molar-refractivity contribution in [3.05, 3.63) is 90.4 Å². The number of methoxy groups -OCH3 is 1. The maximum Gasteiger partial charge on any atom is 0.573 e. The van der Waals surface area contributed by atoms with E-state index in [-0.39, 0.29) is 11.7 Å². The molecule has 13 heteroatoms. The molecular weight excluding hydrogens is 617 g/mol. The Hall–Kier alpha value is -4.78. The van der Waals surface area contributed by atoms with Gasteiger partial charge in [0.2, 0.25) is 0 Å². The molecule has 3 aromatic carbocycles. The number of hydrogen-bond donors (Lipinski definition) is 1. The third kappa shape index (κ3) is 8.08. The minimum atomic E-state index is -4.76. The number of anilines is 1. The number of urea groups is 1. The fourth-order valence-corrected chi connectivity index (χ4v) is 5.77. The Balaban J connectivity index is 1.25. The summed E-state index contributed by atoms with van der Waals surface area (Å²) in [6.45, 7) is 6.91. The molecule has 1 N–H and O–H groups in total. The van der Waals surface area contributed by atoms with Crippen molar-refractivity contribution in [3.8, 4) is 28.6 Å². The second-order valence-corrected chi connectivity index (χ2v) is 11.8. The lowest BCUT2D eigenvalue weighted by Crippen LogP contribution is -2.36. The predicted octanol–water partition coefficient (Wildman–Crippen LogP) is 8.03. The van der Waals surface area contributed by atoms with E-state index in [4.69, 9.17) is 4.74 Å². The Bertz CT molecular complexity index is 1730. The molecule has 1 saturated heterocycles. The number of rotatable bonds is 8. The molecule has 1 aliphatic rings. The zero-order valence-electron chi connectivity index (χ0n) is 25.7. The molecule has 0 radical (unpaired) electrons. The Morgan fingerprint density at radius 3 is 2.46 bits per heavy atom. The summed E-state index contributed by atoms with van der Waals surface area (Å²) in [5.41, 5.74) is 5.13. The van der Waals surface area contributed by atoms with E-state index in [1.807, 2.05) is 43.3 Å². The summed E-state index contributed by atoms with van der Waals surface area (Å²) in [7, 11) is 1.64. The highest BCUT2D eigenvalue weighted by atomic mass is 32.2. The van der Waals surface area contributed by atoms with E-state index in [1.54, 1.807) is 25.1 Å². The van der Waals surface area contributed by atoms with Crippen LogP contribution in [0, 0.1) is 0 Å². The van der Waals surface area contributed by atoms with E-state index >= 15 is 0 Å². The molecule has 1 aromatic heterocycles. The number of nitrogens with one attached hydrogen (secondary N) is 1. The summed E-state index contributed by atoms with van der Waals surface area (Å²) in [4.78, 5) is 23.8. The molecule has 5 rings (SSSR count). The van der Waals surface area contributed by atoms with Crippen LogP contribution in [-0.2, 0) is 0 Å². The minimum absolute atomic E-state index is 0.286. The number of alkyl halides is 3. The lowest BCUT2D eigenvalue weighted by molar-refractivity contribution is -0.274. The van der Waals surface area contributed by atoms with Crippen LogP contribution in [0.5, 0.6) is 11.5 Å². The molecular formula is C33H33F3N6O3S. The first kappa shape index (κ1) is 32.6. The normalized spacial score (nSPS) is 14.9. The van der Waals surface area contributed by atoms with Crippen molar-refractivity contribution in [3.63, 3.8) is 0 Å². The summed E-state index contributed by atoms with van der Waals surface area (Å²) >= 11 is 1.55. The van der Waals surface area contributed by atoms with Gasteiger partial charge < -0.3 is 19.7 Å². The standard InChI is InChI=1S/C33H33F3N6O3S/c1-21(2)28-15-14-27(44-4)18-29(28)41-16-5-17-46-32(41)39-31(43)37-19-22(3)23-6-8-24(9-7-23)30-38-20-42(40-30)25-10-12-26(13-11-25)45-33(34,35)36/h6-15,18-21H,5,16-17H2,1-4H3,(H,37,43)/b22-19+,39-32?. The largest absolute Gasteiger partial charge is 0.573 e. The van der Waals surface area contributed by atoms with Gasteiger partial charge in [-0.15, -0.1) is 18.3 Å². The van der Waals surface area contributed by atoms with Gasteiger partial charge in [-0.25, -0.2) is 14.5 Å². The number of carbonyl (C=O) groups is 1. The average Bonchev–Trinajstić information content (AvgIpc) is 3.54. The number of aromatic nitrogens is 3. The van der Waals surface area contributed by atoms with Crippen LogP contribution in [0.2, 0.25) is 0 Å². The van der Waals surface area contributed by atoms with Crippen molar-refractivity contribution in [2.24, 2.45) is 4.99 Å². The summed E-state index contributed by atoms with van der Waals surface area (Å²) in [6.07, 6.45) is -0.676. The monoisotopic (exact) mass is 650 g/mol. The Kier molecular flexibility index (Phi) is 10.0. The van der Waals surface area contributed by atoms with E-state index in [1.165, 1.54) is 35.3 Å². The first-order valence-electron chi connectivity index (χ1n) is 14.5. The fraction of sp³-hybridized carbons (Fsp3) is 0.273. The number of amidine groups is 1. The van der Waals surface area contributed by atoms with Crippen LogP contribution < -0.4 is 19.7 Å². The van der Waals surface area contributed by atoms with Gasteiger partial charge in [-0.05, 0) is 66.3 Å². The smallest absolute Gasteiger partial charge is 0.497 e. The van der Waals surface area contributed by atoms with Gasteiger partial charge in [0.15, 0.2) is 11.0 Å². The highest BCUT2D eigenvalue weighted by Crippen LogP contribution is 2.35. The van der Waals surface area contributed by atoms with Gasteiger partial charge in [-0.3, -0.25) is 0 Å². The van der Waals surface area contributed by atoms with Crippen molar-refractivity contribution in [2.45, 2.75) is 39.5 Å². The lowest BCUT2D eigenvalue weighted by atomic mass is 10.00. The number of amides is 2. The lowest BCUT2D eigenvalue weighted by Gasteiger charge is -2.32. The molecule has 0 unspecified atom stereocenters. The number of ether oxygens (including phenoxy) is 2. The first-order chi connectivity index (χ1) is 22.0. The maximum absolute atomic E-state index is 12.9. The number of carbonyl (C=O) groups excluding carboxylic acids is 1. The molecule has 4 aromatic rings. The molecule has 0 saturated carbocycles. The van der Waals surface area contributed by atoms with Crippen LogP contribution in [0.4, 0.5) is 23.7 Å². The molecule has 0 aliphatic carbocycles. The van der Waals surface area contributed by atoms with Gasteiger partial charge in [0.05, 0.1) is 12.8 Å². The fourth-order valence-electron chi connectivity index (χ4n) is 4.82. The van der Waals surface area contributed by atoms with Gasteiger partial charge >= 0.3 is 12.4 Å². The molecule has 2 heterocycles. The van der Waals surface area contributed by atoms with Gasteiger partial charge in [0.1, 0.15) is 17.8 Å². The van der Waals surface area contributed by atoms with Crippen molar-refractivity contribution in [1.29, 1.82) is 0 Å². The molecule has 240 valence electrons. The van der Waals surface area contributed by atoms with Crippen molar-refractivity contribution >= 4 is 34.2 Å². The summed E-state index contributed by atoms with van der Waals surface area (Å²) in [5.74, 6) is 2.04. The average molecular weight is 651 g/mol. The molecule has 0 bridgehead atoms. The number of aliphatic imine (C=N–C) groups is 1. The highest BCUT2D eigenvalue weighted by Gasteiger charge is 2.31. The molecule has 1 aliphatic heterocycles. The maximum atomic E-state index is 12.9. The Morgan fingerprint density at radius 2 is 1.78 bits per heavy atom. The summed E-state index contributed by atoms with van der Waals surface area (Å²) < 4.78 is 48.2. The molecule has 1 fully saturated rings. The van der Waals surface area contributed by atoms with E-state index in [9.17, 15) is 18.0 Å². The van der Waals surface area contributed by atoms with E-state index in [0.29, 0.717) is 16.7 Å². The number of benzene rings is 3. The summed E-state index contributed by atoms with van der Waals surface area (Å²) in [6, 6.07) is 18.4. The number of allylic oxidation sites excluding steroid dienone is 1. The minimum Gasteiger partial charge on any atom is -0.497 e. The Morgan fingerprint density at radius 1 is 1.07 bits per heavy atom. The van der Waals surface area contributed by atoms with Gasteiger partial charge in [0.25, 0.3) is 0 Å². The number of hydrogen-bond acceptors (Lipinski definition) is 6. The van der Waals surface area contributed by atoms with Crippen LogP contribution in [0.15, 0.2) is 84.2 Å². The first-order valence-corrected chi connectivity index (χ1v) is 15.5. The topological polar surface area (TPSA) is 93.9 Å². The Labute approximate surface area is 269 Å². The predicted molar refractivity (Wildman–Crippen MR) is 175 cm³/mol. The zero-order valence-corrected chi connectivity index (χ0v) is 26.5. The second-order valence-electron chi connectivity index (χ2n) is 10.7. The van der Waals surface area contributed by atoms with Gasteiger partial charge in [0, 0.05) is 35.8 Å². The van der Waals surface area contributed by atoms with Gasteiger partial charge in [-0.1, -0.05) is 55.9 Å².